The van der Waals surface area contributed by atoms with Gasteiger partial charge in [0, 0.05) is 31.7 Å². The van der Waals surface area contributed by atoms with Crippen LogP contribution in [0.3, 0.4) is 0 Å². The number of halogens is 1. The van der Waals surface area contributed by atoms with Crippen LogP contribution in [0.1, 0.15) is 47.4 Å². The zero-order chi connectivity index (χ0) is 26.3. The van der Waals surface area contributed by atoms with Gasteiger partial charge in [0.2, 0.25) is 5.43 Å². The van der Waals surface area contributed by atoms with Crippen molar-refractivity contribution in [2.24, 2.45) is 0 Å². The number of benzene rings is 1. The van der Waals surface area contributed by atoms with Crippen molar-refractivity contribution in [1.29, 1.82) is 0 Å². The Labute approximate surface area is 215 Å². The molecule has 1 atom stereocenters. The van der Waals surface area contributed by atoms with Gasteiger partial charge >= 0.3 is 6.09 Å². The van der Waals surface area contributed by atoms with Crippen molar-refractivity contribution in [3.63, 3.8) is 0 Å². The number of carbonyl (C=O) groups is 2. The Bertz CT molecular complexity index is 1400. The summed E-state index contributed by atoms with van der Waals surface area (Å²) in [5.74, 6) is -1.39. The highest BCUT2D eigenvalue weighted by molar-refractivity contribution is 7.14. The van der Waals surface area contributed by atoms with E-state index in [0.717, 1.165) is 5.56 Å². The molecule has 1 N–H and O–H groups in total. The minimum atomic E-state index is -0.698. The van der Waals surface area contributed by atoms with Gasteiger partial charge < -0.3 is 24.2 Å². The number of hydrogen-bond acceptors (Lipinski definition) is 8. The standard InChI is InChI=1S/C25H26FN5O5S/c1-14(2)30-12-17(7-8-29-9-10-36-25(29)35)31-13-18(21(32)22(33)20(31)24(30)34)23-28-27-19(37-23)11-15-3-5-16(26)6-4-15/h3-6,13-14,17,33H,7-12H2,1-2H3/t17-/m0/s1. The Morgan fingerprint density at radius 3 is 2.62 bits per heavy atom. The van der Waals surface area contributed by atoms with Gasteiger partial charge in [-0.1, -0.05) is 23.5 Å². The van der Waals surface area contributed by atoms with E-state index >= 15 is 0 Å². The molecule has 10 nitrogen and oxygen atoms in total. The molecule has 2 amide bonds. The number of nitrogens with zero attached hydrogens (tertiary/aromatic N) is 5. The zero-order valence-corrected chi connectivity index (χ0v) is 21.2. The molecule has 1 fully saturated rings. The SMILES string of the molecule is CC(C)N1C[C@H](CCN2CCOC2=O)n2cc(-c3nnc(Cc4ccc(F)cc4)s3)c(=O)c(O)c2C1=O. The molecule has 0 spiro atoms. The van der Waals surface area contributed by atoms with E-state index in [9.17, 15) is 23.9 Å². The third-order valence-corrected chi connectivity index (χ3v) is 7.60. The molecule has 37 heavy (non-hydrogen) atoms. The number of rotatable bonds is 7. The zero-order valence-electron chi connectivity index (χ0n) is 20.4. The van der Waals surface area contributed by atoms with Crippen molar-refractivity contribution < 1.29 is 23.8 Å². The summed E-state index contributed by atoms with van der Waals surface area (Å²) in [7, 11) is 0. The largest absolute Gasteiger partial charge is 0.503 e. The molecule has 12 heteroatoms. The van der Waals surface area contributed by atoms with Crippen molar-refractivity contribution in [2.75, 3.05) is 26.2 Å². The molecule has 0 bridgehead atoms. The summed E-state index contributed by atoms with van der Waals surface area (Å²) in [4.78, 5) is 41.6. The second-order valence-electron chi connectivity index (χ2n) is 9.38. The molecule has 0 aliphatic carbocycles. The molecule has 0 radical (unpaired) electrons. The molecule has 0 unspecified atom stereocenters. The van der Waals surface area contributed by atoms with Crippen LogP contribution in [0.25, 0.3) is 10.6 Å². The molecule has 2 aromatic heterocycles. The maximum Gasteiger partial charge on any atom is 0.409 e. The van der Waals surface area contributed by atoms with Crippen LogP contribution in [0, 0.1) is 5.82 Å². The Kier molecular flexibility index (Phi) is 6.67. The van der Waals surface area contributed by atoms with Crippen LogP contribution in [-0.4, -0.2) is 74.0 Å². The number of ether oxygens (including phenoxy) is 1. The summed E-state index contributed by atoms with van der Waals surface area (Å²) < 4.78 is 19.9. The molecule has 1 saturated heterocycles. The molecular formula is C25H26FN5O5S. The van der Waals surface area contributed by atoms with Gasteiger partial charge in [-0.3, -0.25) is 9.59 Å². The third-order valence-electron chi connectivity index (χ3n) is 6.64. The summed E-state index contributed by atoms with van der Waals surface area (Å²) in [5, 5.41) is 20.2. The lowest BCUT2D eigenvalue weighted by molar-refractivity contribution is 0.0587. The number of fused-ring (bicyclic) bond motifs is 1. The number of aromatic nitrogens is 3. The summed E-state index contributed by atoms with van der Waals surface area (Å²) in [5.41, 5.74) is 0.213. The van der Waals surface area contributed by atoms with E-state index in [2.05, 4.69) is 10.2 Å². The second kappa shape index (κ2) is 9.92. The van der Waals surface area contributed by atoms with Gasteiger partial charge in [0.25, 0.3) is 5.91 Å². The average molecular weight is 528 g/mol. The predicted octanol–water partition coefficient (Wildman–Crippen LogP) is 3.05. The number of carbonyl (C=O) groups excluding carboxylic acids is 2. The van der Waals surface area contributed by atoms with Gasteiger partial charge in [-0.15, -0.1) is 10.2 Å². The summed E-state index contributed by atoms with van der Waals surface area (Å²) in [6.45, 7) is 5.34. The minimum Gasteiger partial charge on any atom is -0.503 e. The van der Waals surface area contributed by atoms with Crippen molar-refractivity contribution >= 4 is 23.3 Å². The van der Waals surface area contributed by atoms with Crippen LogP contribution in [0.2, 0.25) is 0 Å². The smallest absolute Gasteiger partial charge is 0.409 e. The maximum atomic E-state index is 13.2. The third kappa shape index (κ3) is 4.80. The quantitative estimate of drug-likeness (QED) is 0.502. The first-order valence-electron chi connectivity index (χ1n) is 12.0. The van der Waals surface area contributed by atoms with E-state index in [1.54, 1.807) is 32.7 Å². The summed E-state index contributed by atoms with van der Waals surface area (Å²) in [6.07, 6.45) is 2.08. The highest BCUT2D eigenvalue weighted by atomic mass is 32.1. The number of cyclic esters (lactones) is 1. The van der Waals surface area contributed by atoms with Crippen LogP contribution in [0.15, 0.2) is 35.3 Å². The Hall–Kier alpha value is -3.80. The van der Waals surface area contributed by atoms with Crippen LogP contribution >= 0.6 is 11.3 Å². The molecule has 3 aromatic rings. The normalized spacial score (nSPS) is 17.5. The minimum absolute atomic E-state index is 0.0706. The fourth-order valence-electron chi connectivity index (χ4n) is 4.63. The van der Waals surface area contributed by atoms with Crippen LogP contribution < -0.4 is 5.43 Å². The van der Waals surface area contributed by atoms with Crippen molar-refractivity contribution in [1.82, 2.24) is 24.6 Å². The lowest BCUT2D eigenvalue weighted by Crippen LogP contribution is -2.48. The first kappa shape index (κ1) is 24.9. The van der Waals surface area contributed by atoms with Gasteiger partial charge in [0.05, 0.1) is 18.2 Å². The molecule has 5 rings (SSSR count). The molecule has 2 aliphatic heterocycles. The molecular weight excluding hydrogens is 501 g/mol. The highest BCUT2D eigenvalue weighted by Gasteiger charge is 2.37. The molecule has 4 heterocycles. The Morgan fingerprint density at radius 2 is 1.95 bits per heavy atom. The van der Waals surface area contributed by atoms with E-state index in [0.29, 0.717) is 49.1 Å². The molecule has 0 saturated carbocycles. The fraction of sp³-hybridized carbons (Fsp3) is 0.400. The number of aromatic hydroxyl groups is 1. The molecule has 1 aromatic carbocycles. The number of pyridine rings is 1. The summed E-state index contributed by atoms with van der Waals surface area (Å²) >= 11 is 1.19. The van der Waals surface area contributed by atoms with Gasteiger partial charge in [0.15, 0.2) is 16.5 Å². The van der Waals surface area contributed by atoms with E-state index in [1.807, 2.05) is 13.8 Å². The number of amides is 2. The van der Waals surface area contributed by atoms with Gasteiger partial charge in [-0.2, -0.15) is 0 Å². The van der Waals surface area contributed by atoms with E-state index in [-0.39, 0.29) is 35.3 Å². The van der Waals surface area contributed by atoms with Gasteiger partial charge in [-0.25, -0.2) is 9.18 Å². The van der Waals surface area contributed by atoms with Crippen molar-refractivity contribution in [3.8, 4) is 16.3 Å². The topological polar surface area (TPSA) is 118 Å². The Morgan fingerprint density at radius 1 is 1.19 bits per heavy atom. The average Bonchev–Trinajstić information content (AvgIpc) is 3.50. The first-order valence-corrected chi connectivity index (χ1v) is 12.8. The van der Waals surface area contributed by atoms with Crippen molar-refractivity contribution in [2.45, 2.75) is 38.8 Å². The van der Waals surface area contributed by atoms with Crippen LogP contribution in [0.5, 0.6) is 5.75 Å². The number of hydrogen-bond donors (Lipinski definition) is 1. The Balaban J connectivity index is 1.49. The fourth-order valence-corrected chi connectivity index (χ4v) is 5.51. The van der Waals surface area contributed by atoms with Crippen LogP contribution in [0.4, 0.5) is 9.18 Å². The van der Waals surface area contributed by atoms with E-state index < -0.39 is 17.1 Å². The lowest BCUT2D eigenvalue weighted by Gasteiger charge is -2.39. The maximum absolute atomic E-state index is 13.2. The predicted molar refractivity (Wildman–Crippen MR) is 133 cm³/mol. The second-order valence-corrected chi connectivity index (χ2v) is 10.4. The monoisotopic (exact) mass is 527 g/mol. The molecule has 2 aliphatic rings. The van der Waals surface area contributed by atoms with E-state index in [1.165, 1.54) is 23.5 Å². The lowest BCUT2D eigenvalue weighted by atomic mass is 10.0. The van der Waals surface area contributed by atoms with Gasteiger partial charge in [0.1, 0.15) is 17.4 Å². The summed E-state index contributed by atoms with van der Waals surface area (Å²) in [6, 6.07) is 5.60. The van der Waals surface area contributed by atoms with E-state index in [4.69, 9.17) is 4.74 Å². The van der Waals surface area contributed by atoms with Crippen LogP contribution in [-0.2, 0) is 11.2 Å². The van der Waals surface area contributed by atoms with Crippen molar-refractivity contribution in [3.05, 3.63) is 62.8 Å². The highest BCUT2D eigenvalue weighted by Crippen LogP contribution is 2.33. The molecule has 194 valence electrons. The van der Waals surface area contributed by atoms with Gasteiger partial charge in [-0.05, 0) is 38.0 Å². The first-order chi connectivity index (χ1) is 17.7.